The SMILES string of the molecule is C[C@@H](NC(=O)[C@H](O)[C@@H](O)C(=O)N1CCn2cnnc2C1)c1ccc(-n2cccn2)cc1. The average molecular weight is 425 g/mol. The summed E-state index contributed by atoms with van der Waals surface area (Å²) in [5.41, 5.74) is 1.67. The van der Waals surface area contributed by atoms with Gasteiger partial charge in [0.15, 0.2) is 18.0 Å². The van der Waals surface area contributed by atoms with Crippen LogP contribution in [0, 0.1) is 0 Å². The van der Waals surface area contributed by atoms with Crippen LogP contribution >= 0.6 is 0 Å². The van der Waals surface area contributed by atoms with Crippen LogP contribution in [0.5, 0.6) is 0 Å². The van der Waals surface area contributed by atoms with Gasteiger partial charge in [0.1, 0.15) is 6.33 Å². The van der Waals surface area contributed by atoms with Crippen molar-refractivity contribution in [3.63, 3.8) is 0 Å². The van der Waals surface area contributed by atoms with Gasteiger partial charge in [-0.2, -0.15) is 5.10 Å². The quantitative estimate of drug-likeness (QED) is 0.480. The number of carbonyl (C=O) groups is 2. The first kappa shape index (κ1) is 20.7. The molecule has 2 aromatic heterocycles. The van der Waals surface area contributed by atoms with Crippen molar-refractivity contribution >= 4 is 11.8 Å². The maximum atomic E-state index is 12.6. The van der Waals surface area contributed by atoms with Crippen LogP contribution in [0.25, 0.3) is 5.69 Å². The van der Waals surface area contributed by atoms with E-state index in [4.69, 9.17) is 0 Å². The molecule has 31 heavy (non-hydrogen) atoms. The number of hydrogen-bond acceptors (Lipinski definition) is 7. The van der Waals surface area contributed by atoms with Crippen molar-refractivity contribution in [1.82, 2.24) is 34.8 Å². The van der Waals surface area contributed by atoms with E-state index in [1.807, 2.05) is 36.5 Å². The van der Waals surface area contributed by atoms with E-state index < -0.39 is 30.1 Å². The maximum absolute atomic E-state index is 12.6. The first-order valence-corrected chi connectivity index (χ1v) is 9.86. The molecule has 4 rings (SSSR count). The fraction of sp³-hybridized carbons (Fsp3) is 0.350. The first-order valence-electron chi connectivity index (χ1n) is 9.86. The zero-order valence-electron chi connectivity index (χ0n) is 16.9. The molecule has 3 heterocycles. The minimum absolute atomic E-state index is 0.156. The Morgan fingerprint density at radius 2 is 1.90 bits per heavy atom. The number of carbonyl (C=O) groups excluding carboxylic acids is 2. The van der Waals surface area contributed by atoms with Crippen LogP contribution in [-0.4, -0.2) is 70.2 Å². The van der Waals surface area contributed by atoms with Crippen molar-refractivity contribution in [2.24, 2.45) is 0 Å². The lowest BCUT2D eigenvalue weighted by atomic mass is 10.1. The second-order valence-electron chi connectivity index (χ2n) is 7.36. The Morgan fingerprint density at radius 3 is 2.61 bits per heavy atom. The lowest BCUT2D eigenvalue weighted by Crippen LogP contribution is -2.52. The molecule has 3 N–H and O–H groups in total. The van der Waals surface area contributed by atoms with E-state index in [-0.39, 0.29) is 6.54 Å². The molecular weight excluding hydrogens is 402 g/mol. The van der Waals surface area contributed by atoms with Gasteiger partial charge in [-0.05, 0) is 30.7 Å². The zero-order valence-corrected chi connectivity index (χ0v) is 16.9. The Kier molecular flexibility index (Phi) is 5.78. The molecule has 162 valence electrons. The summed E-state index contributed by atoms with van der Waals surface area (Å²) in [5.74, 6) is -0.976. The number of benzene rings is 1. The van der Waals surface area contributed by atoms with Crippen LogP contribution in [0.3, 0.4) is 0 Å². The highest BCUT2D eigenvalue weighted by molar-refractivity contribution is 5.90. The number of hydrogen-bond donors (Lipinski definition) is 3. The summed E-state index contributed by atoms with van der Waals surface area (Å²) < 4.78 is 3.51. The Hall–Kier alpha value is -3.57. The molecule has 11 nitrogen and oxygen atoms in total. The molecule has 0 spiro atoms. The number of amides is 2. The Bertz CT molecular complexity index is 1050. The number of aliphatic hydroxyl groups excluding tert-OH is 2. The second-order valence-corrected chi connectivity index (χ2v) is 7.36. The molecule has 0 aliphatic carbocycles. The van der Waals surface area contributed by atoms with Crippen molar-refractivity contribution in [2.75, 3.05) is 6.54 Å². The van der Waals surface area contributed by atoms with Gasteiger partial charge < -0.3 is 25.0 Å². The molecule has 0 radical (unpaired) electrons. The summed E-state index contributed by atoms with van der Waals surface area (Å²) in [4.78, 5) is 26.3. The highest BCUT2D eigenvalue weighted by atomic mass is 16.3. The van der Waals surface area contributed by atoms with Gasteiger partial charge in [0, 0.05) is 25.5 Å². The highest BCUT2D eigenvalue weighted by Gasteiger charge is 2.35. The largest absolute Gasteiger partial charge is 0.380 e. The first-order chi connectivity index (χ1) is 14.9. The van der Waals surface area contributed by atoms with Crippen LogP contribution in [-0.2, 0) is 22.7 Å². The molecule has 11 heteroatoms. The van der Waals surface area contributed by atoms with E-state index in [1.165, 1.54) is 4.90 Å². The van der Waals surface area contributed by atoms with E-state index in [0.29, 0.717) is 18.9 Å². The molecule has 1 aromatic carbocycles. The molecule has 0 fully saturated rings. The molecule has 0 saturated carbocycles. The maximum Gasteiger partial charge on any atom is 0.255 e. The average Bonchev–Trinajstić information content (AvgIpc) is 3.49. The van der Waals surface area contributed by atoms with Crippen LogP contribution in [0.15, 0.2) is 49.1 Å². The molecular formula is C20H23N7O4. The molecule has 3 atom stereocenters. The van der Waals surface area contributed by atoms with Gasteiger partial charge >= 0.3 is 0 Å². The Labute approximate surface area is 177 Å². The summed E-state index contributed by atoms with van der Waals surface area (Å²) in [6.45, 7) is 2.71. The Balaban J connectivity index is 1.34. The van der Waals surface area contributed by atoms with E-state index in [1.54, 1.807) is 28.7 Å². The predicted molar refractivity (Wildman–Crippen MR) is 108 cm³/mol. The van der Waals surface area contributed by atoms with Crippen LogP contribution in [0.2, 0.25) is 0 Å². The van der Waals surface area contributed by atoms with E-state index in [2.05, 4.69) is 20.6 Å². The number of nitrogens with zero attached hydrogens (tertiary/aromatic N) is 6. The minimum Gasteiger partial charge on any atom is -0.380 e. The summed E-state index contributed by atoms with van der Waals surface area (Å²) in [6.07, 6.45) is 1.31. The fourth-order valence-electron chi connectivity index (χ4n) is 3.44. The number of aliphatic hydroxyl groups is 2. The molecule has 0 saturated heterocycles. The third-order valence-corrected chi connectivity index (χ3v) is 5.29. The van der Waals surface area contributed by atoms with Gasteiger partial charge in [-0.15, -0.1) is 10.2 Å². The lowest BCUT2D eigenvalue weighted by molar-refractivity contribution is -0.154. The van der Waals surface area contributed by atoms with E-state index in [9.17, 15) is 19.8 Å². The molecule has 1 aliphatic heterocycles. The fourth-order valence-corrected chi connectivity index (χ4v) is 3.44. The van der Waals surface area contributed by atoms with Crippen molar-refractivity contribution in [1.29, 1.82) is 0 Å². The smallest absolute Gasteiger partial charge is 0.255 e. The molecule has 3 aromatic rings. The van der Waals surface area contributed by atoms with Gasteiger partial charge in [-0.3, -0.25) is 9.59 Å². The molecule has 0 bridgehead atoms. The van der Waals surface area contributed by atoms with Gasteiger partial charge in [0.05, 0.1) is 18.3 Å². The lowest BCUT2D eigenvalue weighted by Gasteiger charge is -2.30. The van der Waals surface area contributed by atoms with Gasteiger partial charge in [0.25, 0.3) is 11.8 Å². The van der Waals surface area contributed by atoms with Crippen molar-refractivity contribution < 1.29 is 19.8 Å². The molecule has 2 amide bonds. The summed E-state index contributed by atoms with van der Waals surface area (Å²) in [5, 5.41) is 35.0. The number of fused-ring (bicyclic) bond motifs is 1. The minimum atomic E-state index is -1.89. The predicted octanol–water partition coefficient (Wildman–Crippen LogP) is -0.595. The zero-order chi connectivity index (χ0) is 22.0. The highest BCUT2D eigenvalue weighted by Crippen LogP contribution is 2.16. The van der Waals surface area contributed by atoms with Crippen LogP contribution in [0.1, 0.15) is 24.4 Å². The summed E-state index contributed by atoms with van der Waals surface area (Å²) in [7, 11) is 0. The third-order valence-electron chi connectivity index (χ3n) is 5.29. The van der Waals surface area contributed by atoms with Crippen LogP contribution < -0.4 is 5.32 Å². The third kappa shape index (κ3) is 4.32. The van der Waals surface area contributed by atoms with Crippen LogP contribution in [0.4, 0.5) is 0 Å². The van der Waals surface area contributed by atoms with Gasteiger partial charge in [-0.1, -0.05) is 12.1 Å². The van der Waals surface area contributed by atoms with Gasteiger partial charge in [-0.25, -0.2) is 4.68 Å². The Morgan fingerprint density at radius 1 is 1.13 bits per heavy atom. The number of rotatable bonds is 6. The van der Waals surface area contributed by atoms with Crippen molar-refractivity contribution in [3.05, 3.63) is 60.4 Å². The van der Waals surface area contributed by atoms with Gasteiger partial charge in [0.2, 0.25) is 0 Å². The molecule has 1 aliphatic rings. The van der Waals surface area contributed by atoms with Crippen molar-refractivity contribution in [3.8, 4) is 5.69 Å². The van der Waals surface area contributed by atoms with E-state index in [0.717, 1.165) is 11.3 Å². The van der Waals surface area contributed by atoms with Crippen molar-refractivity contribution in [2.45, 2.75) is 38.3 Å². The monoisotopic (exact) mass is 425 g/mol. The van der Waals surface area contributed by atoms with E-state index >= 15 is 0 Å². The number of nitrogens with one attached hydrogen (secondary N) is 1. The topological polar surface area (TPSA) is 138 Å². The summed E-state index contributed by atoms with van der Waals surface area (Å²) in [6, 6.07) is 8.76. The number of aromatic nitrogens is 5. The summed E-state index contributed by atoms with van der Waals surface area (Å²) >= 11 is 0. The standard InChI is InChI=1S/C20H23N7O4/c1-13(14-3-5-15(6-4-14)27-8-2-7-22-27)23-19(30)17(28)18(29)20(31)25-9-10-26-12-21-24-16(26)11-25/h2-8,12-13,17-18,28-29H,9-11H2,1H3,(H,23,30)/t13-,17-,18-/m1/s1. The normalized spacial score (nSPS) is 16.3. The second kappa shape index (κ2) is 8.66. The molecule has 0 unspecified atom stereocenters.